The van der Waals surface area contributed by atoms with E-state index in [4.69, 9.17) is 4.74 Å². The maximum atomic E-state index is 11.9. The van der Waals surface area contributed by atoms with E-state index in [1.54, 1.807) is 6.20 Å². The average Bonchev–Trinajstić information content (AvgIpc) is 2.89. The van der Waals surface area contributed by atoms with Crippen LogP contribution in [0.15, 0.2) is 18.3 Å². The molecule has 2 rings (SSSR count). The summed E-state index contributed by atoms with van der Waals surface area (Å²) < 4.78 is 5.31. The van der Waals surface area contributed by atoms with Crippen molar-refractivity contribution in [2.75, 3.05) is 32.6 Å². The lowest BCUT2D eigenvalue weighted by molar-refractivity contribution is -0.116. The van der Waals surface area contributed by atoms with Gasteiger partial charge in [-0.3, -0.25) is 4.79 Å². The Kier molecular flexibility index (Phi) is 5.49. The van der Waals surface area contributed by atoms with Gasteiger partial charge in [-0.1, -0.05) is 0 Å². The highest BCUT2D eigenvalue weighted by Crippen LogP contribution is 2.18. The fraction of sp³-hybridized carbons (Fsp3) is 0.600. The fourth-order valence-corrected chi connectivity index (χ4v) is 2.36. The van der Waals surface area contributed by atoms with Crippen molar-refractivity contribution in [2.45, 2.75) is 25.8 Å². The van der Waals surface area contributed by atoms with Gasteiger partial charge in [0.2, 0.25) is 5.91 Å². The topological polar surface area (TPSA) is 54.5 Å². The van der Waals surface area contributed by atoms with Crippen molar-refractivity contribution in [2.24, 2.45) is 5.92 Å². The molecule has 5 heteroatoms. The van der Waals surface area contributed by atoms with Gasteiger partial charge in [0.05, 0.1) is 0 Å². The molecule has 5 nitrogen and oxygen atoms in total. The molecule has 1 N–H and O–H groups in total. The van der Waals surface area contributed by atoms with Crippen LogP contribution in [0.2, 0.25) is 0 Å². The predicted molar refractivity (Wildman–Crippen MR) is 78.4 cm³/mol. The van der Waals surface area contributed by atoms with E-state index in [2.05, 4.69) is 15.2 Å². The number of aromatic nitrogens is 1. The smallest absolute Gasteiger partial charge is 0.225 e. The predicted octanol–water partition coefficient (Wildman–Crippen LogP) is 1.90. The molecule has 2 heterocycles. The lowest BCUT2D eigenvalue weighted by Crippen LogP contribution is -2.15. The SMILES string of the molecule is CN(C)Cc1ccnc(NC(=O)CCC2CCOC2)c1. The van der Waals surface area contributed by atoms with Gasteiger partial charge in [-0.05, 0) is 50.6 Å². The van der Waals surface area contributed by atoms with E-state index in [1.165, 1.54) is 0 Å². The normalized spacial score (nSPS) is 18.4. The van der Waals surface area contributed by atoms with Crippen LogP contribution in [-0.2, 0) is 16.1 Å². The van der Waals surface area contributed by atoms with Gasteiger partial charge < -0.3 is 15.0 Å². The average molecular weight is 277 g/mol. The molecule has 0 saturated carbocycles. The van der Waals surface area contributed by atoms with Gasteiger partial charge in [-0.15, -0.1) is 0 Å². The Bertz CT molecular complexity index is 442. The standard InChI is InChI=1S/C15H23N3O2/c1-18(2)10-13-5-7-16-14(9-13)17-15(19)4-3-12-6-8-20-11-12/h5,7,9,12H,3-4,6,8,10-11H2,1-2H3,(H,16,17,19). The molecule has 1 aliphatic heterocycles. The van der Waals surface area contributed by atoms with Crippen LogP contribution in [0.4, 0.5) is 5.82 Å². The summed E-state index contributed by atoms with van der Waals surface area (Å²) in [5.74, 6) is 1.21. The van der Waals surface area contributed by atoms with E-state index in [9.17, 15) is 4.79 Å². The number of nitrogens with zero attached hydrogens (tertiary/aromatic N) is 2. The van der Waals surface area contributed by atoms with E-state index in [1.807, 2.05) is 26.2 Å². The Labute approximate surface area is 120 Å². The van der Waals surface area contributed by atoms with Crippen molar-refractivity contribution >= 4 is 11.7 Å². The number of hydrogen-bond acceptors (Lipinski definition) is 4. The maximum Gasteiger partial charge on any atom is 0.225 e. The zero-order valence-corrected chi connectivity index (χ0v) is 12.3. The van der Waals surface area contributed by atoms with Crippen molar-refractivity contribution in [3.8, 4) is 0 Å². The second-order valence-electron chi connectivity index (χ2n) is 5.60. The van der Waals surface area contributed by atoms with Gasteiger partial charge in [-0.2, -0.15) is 0 Å². The van der Waals surface area contributed by atoms with Crippen LogP contribution in [0.1, 0.15) is 24.8 Å². The molecule has 0 aromatic carbocycles. The molecule has 1 amide bonds. The highest BCUT2D eigenvalue weighted by Gasteiger charge is 2.16. The molecular formula is C15H23N3O2. The Morgan fingerprint density at radius 2 is 2.40 bits per heavy atom. The lowest BCUT2D eigenvalue weighted by atomic mass is 10.0. The summed E-state index contributed by atoms with van der Waals surface area (Å²) in [6.45, 7) is 2.47. The van der Waals surface area contributed by atoms with E-state index in [-0.39, 0.29) is 5.91 Å². The van der Waals surface area contributed by atoms with Gasteiger partial charge >= 0.3 is 0 Å². The molecule has 1 saturated heterocycles. The first-order valence-corrected chi connectivity index (χ1v) is 7.11. The summed E-state index contributed by atoms with van der Waals surface area (Å²) in [5.41, 5.74) is 1.14. The third-order valence-electron chi connectivity index (χ3n) is 3.39. The summed E-state index contributed by atoms with van der Waals surface area (Å²) in [7, 11) is 4.03. The summed E-state index contributed by atoms with van der Waals surface area (Å²) in [5, 5.41) is 2.87. The monoisotopic (exact) mass is 277 g/mol. The minimum Gasteiger partial charge on any atom is -0.381 e. The number of carbonyl (C=O) groups excluding carboxylic acids is 1. The second kappa shape index (κ2) is 7.36. The second-order valence-corrected chi connectivity index (χ2v) is 5.60. The van der Waals surface area contributed by atoms with Crippen LogP contribution in [0, 0.1) is 5.92 Å². The molecule has 1 atom stereocenters. The number of amides is 1. The summed E-state index contributed by atoms with van der Waals surface area (Å²) >= 11 is 0. The number of ether oxygens (including phenoxy) is 1. The van der Waals surface area contributed by atoms with Gasteiger partial charge in [0.1, 0.15) is 5.82 Å². The van der Waals surface area contributed by atoms with Crippen molar-refractivity contribution < 1.29 is 9.53 Å². The molecule has 0 bridgehead atoms. The molecule has 0 radical (unpaired) electrons. The van der Waals surface area contributed by atoms with Crippen LogP contribution < -0.4 is 5.32 Å². The highest BCUT2D eigenvalue weighted by molar-refractivity contribution is 5.89. The number of nitrogens with one attached hydrogen (secondary N) is 1. The molecule has 1 aliphatic rings. The number of pyridine rings is 1. The quantitative estimate of drug-likeness (QED) is 0.863. The van der Waals surface area contributed by atoms with Crippen molar-refractivity contribution in [3.63, 3.8) is 0 Å². The van der Waals surface area contributed by atoms with Crippen LogP contribution in [0.25, 0.3) is 0 Å². The molecule has 0 spiro atoms. The van der Waals surface area contributed by atoms with Crippen LogP contribution in [0.3, 0.4) is 0 Å². The number of hydrogen-bond donors (Lipinski definition) is 1. The van der Waals surface area contributed by atoms with Crippen LogP contribution >= 0.6 is 0 Å². The molecule has 1 fully saturated rings. The van der Waals surface area contributed by atoms with Gasteiger partial charge in [0.25, 0.3) is 0 Å². The first-order valence-electron chi connectivity index (χ1n) is 7.11. The first-order chi connectivity index (χ1) is 9.63. The minimum atomic E-state index is 0.0337. The third kappa shape index (κ3) is 4.90. The molecular weight excluding hydrogens is 254 g/mol. The third-order valence-corrected chi connectivity index (χ3v) is 3.39. The van der Waals surface area contributed by atoms with E-state index in [0.29, 0.717) is 18.2 Å². The zero-order chi connectivity index (χ0) is 14.4. The molecule has 0 aliphatic carbocycles. The molecule has 1 aromatic rings. The van der Waals surface area contributed by atoms with E-state index < -0.39 is 0 Å². The molecule has 1 aromatic heterocycles. The fourth-order valence-electron chi connectivity index (χ4n) is 2.36. The van der Waals surface area contributed by atoms with E-state index in [0.717, 1.165) is 38.2 Å². The van der Waals surface area contributed by atoms with Gasteiger partial charge in [0.15, 0.2) is 0 Å². The maximum absolute atomic E-state index is 11.9. The number of anilines is 1. The Balaban J connectivity index is 1.80. The van der Waals surface area contributed by atoms with Crippen molar-refractivity contribution in [1.82, 2.24) is 9.88 Å². The Morgan fingerprint density at radius 1 is 1.55 bits per heavy atom. The Morgan fingerprint density at radius 3 is 3.10 bits per heavy atom. The summed E-state index contributed by atoms with van der Waals surface area (Å²) in [4.78, 5) is 18.2. The number of carbonyl (C=O) groups is 1. The first kappa shape index (κ1) is 14.9. The molecule has 20 heavy (non-hydrogen) atoms. The number of rotatable bonds is 6. The van der Waals surface area contributed by atoms with Gasteiger partial charge in [-0.25, -0.2) is 4.98 Å². The highest BCUT2D eigenvalue weighted by atomic mass is 16.5. The van der Waals surface area contributed by atoms with Crippen molar-refractivity contribution in [3.05, 3.63) is 23.9 Å². The van der Waals surface area contributed by atoms with Crippen LogP contribution in [0.5, 0.6) is 0 Å². The van der Waals surface area contributed by atoms with Gasteiger partial charge in [0, 0.05) is 32.4 Å². The Hall–Kier alpha value is -1.46. The molecule has 110 valence electrons. The summed E-state index contributed by atoms with van der Waals surface area (Å²) in [6, 6.07) is 3.89. The molecule has 1 unspecified atom stereocenters. The van der Waals surface area contributed by atoms with E-state index >= 15 is 0 Å². The minimum absolute atomic E-state index is 0.0337. The zero-order valence-electron chi connectivity index (χ0n) is 12.3. The largest absolute Gasteiger partial charge is 0.381 e. The lowest BCUT2D eigenvalue weighted by Gasteiger charge is -2.11. The van der Waals surface area contributed by atoms with Crippen LogP contribution in [-0.4, -0.2) is 43.1 Å². The summed E-state index contributed by atoms with van der Waals surface area (Å²) in [6.07, 6.45) is 4.24. The van der Waals surface area contributed by atoms with Crippen molar-refractivity contribution in [1.29, 1.82) is 0 Å².